The van der Waals surface area contributed by atoms with Gasteiger partial charge in [0.05, 0.1) is 6.10 Å². The lowest BCUT2D eigenvalue weighted by Crippen LogP contribution is -2.34. The largest absolute Gasteiger partial charge is 0.393 e. The quantitative estimate of drug-likeness (QED) is 0.559. The average Bonchev–Trinajstić information content (AvgIpc) is 2.64. The zero-order valence-corrected chi connectivity index (χ0v) is 10.1. The molecule has 1 aliphatic rings. The number of hydrogen-bond acceptors (Lipinski definition) is 3. The van der Waals surface area contributed by atoms with Crippen LogP contribution in [0.4, 0.5) is 0 Å². The minimum atomic E-state index is -0.154. The van der Waals surface area contributed by atoms with E-state index in [9.17, 15) is 0 Å². The standard InChI is InChI=1S/C12H26N2O/c1-10(9-12-6-4-8-14-12)13-7-3-5-11(2)15/h10-15H,3-9H2,1-2H3. The lowest BCUT2D eigenvalue weighted by Gasteiger charge is -2.18. The first-order chi connectivity index (χ1) is 7.18. The first-order valence-corrected chi connectivity index (χ1v) is 6.33. The molecular formula is C12H26N2O. The second kappa shape index (κ2) is 7.20. The molecule has 3 N–H and O–H groups in total. The van der Waals surface area contributed by atoms with Crippen LogP contribution in [0, 0.1) is 0 Å². The third-order valence-electron chi connectivity index (χ3n) is 3.09. The number of nitrogens with one attached hydrogen (secondary N) is 2. The van der Waals surface area contributed by atoms with Crippen molar-refractivity contribution in [2.45, 2.75) is 64.1 Å². The molecule has 1 rings (SSSR count). The maximum atomic E-state index is 9.11. The van der Waals surface area contributed by atoms with Crippen LogP contribution in [0.25, 0.3) is 0 Å². The summed E-state index contributed by atoms with van der Waals surface area (Å²) in [7, 11) is 0. The van der Waals surface area contributed by atoms with E-state index in [4.69, 9.17) is 5.11 Å². The minimum Gasteiger partial charge on any atom is -0.393 e. The molecule has 0 spiro atoms. The number of rotatable bonds is 7. The Hall–Kier alpha value is -0.120. The molecule has 0 amide bonds. The first-order valence-electron chi connectivity index (χ1n) is 6.33. The van der Waals surface area contributed by atoms with Crippen LogP contribution in [-0.4, -0.2) is 36.4 Å². The predicted octanol–water partition coefficient (Wildman–Crippen LogP) is 1.27. The van der Waals surface area contributed by atoms with Crippen LogP contribution in [0.2, 0.25) is 0 Å². The van der Waals surface area contributed by atoms with Crippen LogP contribution >= 0.6 is 0 Å². The Morgan fingerprint density at radius 2 is 2.27 bits per heavy atom. The van der Waals surface area contributed by atoms with Crippen LogP contribution in [0.5, 0.6) is 0 Å². The van der Waals surface area contributed by atoms with Gasteiger partial charge in [-0.15, -0.1) is 0 Å². The predicted molar refractivity (Wildman–Crippen MR) is 64.0 cm³/mol. The summed E-state index contributed by atoms with van der Waals surface area (Å²) < 4.78 is 0. The molecule has 0 bridgehead atoms. The van der Waals surface area contributed by atoms with Crippen molar-refractivity contribution in [2.75, 3.05) is 13.1 Å². The molecular weight excluding hydrogens is 188 g/mol. The normalized spacial score (nSPS) is 25.4. The highest BCUT2D eigenvalue weighted by Crippen LogP contribution is 2.10. The summed E-state index contributed by atoms with van der Waals surface area (Å²) in [5.74, 6) is 0. The maximum Gasteiger partial charge on any atom is 0.0512 e. The van der Waals surface area contributed by atoms with E-state index in [0.717, 1.165) is 25.4 Å². The third kappa shape index (κ3) is 6.13. The Kier molecular flexibility index (Phi) is 6.22. The van der Waals surface area contributed by atoms with E-state index in [1.165, 1.54) is 25.8 Å². The van der Waals surface area contributed by atoms with Crippen molar-refractivity contribution in [3.8, 4) is 0 Å². The topological polar surface area (TPSA) is 44.3 Å². The van der Waals surface area contributed by atoms with Crippen molar-refractivity contribution < 1.29 is 5.11 Å². The van der Waals surface area contributed by atoms with Gasteiger partial charge in [-0.3, -0.25) is 0 Å². The first kappa shape index (κ1) is 12.9. The summed E-state index contributed by atoms with van der Waals surface area (Å²) >= 11 is 0. The Bertz CT molecular complexity index is 156. The molecule has 0 aromatic rings. The van der Waals surface area contributed by atoms with Crippen LogP contribution < -0.4 is 10.6 Å². The van der Waals surface area contributed by atoms with E-state index >= 15 is 0 Å². The van der Waals surface area contributed by atoms with Crippen LogP contribution in [-0.2, 0) is 0 Å². The lowest BCUT2D eigenvalue weighted by molar-refractivity contribution is 0.181. The van der Waals surface area contributed by atoms with E-state index in [1.807, 2.05) is 6.92 Å². The Labute approximate surface area is 93.6 Å². The van der Waals surface area contributed by atoms with Gasteiger partial charge in [-0.1, -0.05) is 0 Å². The van der Waals surface area contributed by atoms with E-state index < -0.39 is 0 Å². The van der Waals surface area contributed by atoms with E-state index in [2.05, 4.69) is 17.6 Å². The SMILES string of the molecule is CC(O)CCCNC(C)CC1CCCN1. The lowest BCUT2D eigenvalue weighted by atomic mass is 10.1. The van der Waals surface area contributed by atoms with Gasteiger partial charge in [0, 0.05) is 12.1 Å². The summed E-state index contributed by atoms with van der Waals surface area (Å²) in [5, 5.41) is 16.1. The van der Waals surface area contributed by atoms with Gasteiger partial charge in [0.25, 0.3) is 0 Å². The molecule has 1 saturated heterocycles. The highest BCUT2D eigenvalue weighted by Gasteiger charge is 2.16. The smallest absolute Gasteiger partial charge is 0.0512 e. The molecule has 0 saturated carbocycles. The van der Waals surface area contributed by atoms with Crippen molar-refractivity contribution >= 4 is 0 Å². The molecule has 0 radical (unpaired) electrons. The molecule has 3 unspecified atom stereocenters. The molecule has 1 aliphatic heterocycles. The van der Waals surface area contributed by atoms with Gasteiger partial charge < -0.3 is 15.7 Å². The van der Waals surface area contributed by atoms with Gasteiger partial charge in [-0.25, -0.2) is 0 Å². The van der Waals surface area contributed by atoms with Crippen LogP contribution in [0.1, 0.15) is 46.0 Å². The second-order valence-corrected chi connectivity index (χ2v) is 4.88. The zero-order valence-electron chi connectivity index (χ0n) is 10.1. The molecule has 3 nitrogen and oxygen atoms in total. The summed E-state index contributed by atoms with van der Waals surface area (Å²) in [6, 6.07) is 1.32. The molecule has 1 heterocycles. The molecule has 0 aromatic heterocycles. The van der Waals surface area contributed by atoms with Gasteiger partial charge >= 0.3 is 0 Å². The molecule has 3 heteroatoms. The van der Waals surface area contributed by atoms with E-state index in [1.54, 1.807) is 0 Å². The molecule has 0 aliphatic carbocycles. The summed E-state index contributed by atoms with van der Waals surface area (Å²) in [4.78, 5) is 0. The fourth-order valence-corrected chi connectivity index (χ4v) is 2.21. The molecule has 3 atom stereocenters. The highest BCUT2D eigenvalue weighted by molar-refractivity contribution is 4.78. The molecule has 15 heavy (non-hydrogen) atoms. The molecule has 90 valence electrons. The maximum absolute atomic E-state index is 9.11. The van der Waals surface area contributed by atoms with E-state index in [0.29, 0.717) is 6.04 Å². The van der Waals surface area contributed by atoms with Crippen molar-refractivity contribution in [1.29, 1.82) is 0 Å². The van der Waals surface area contributed by atoms with Gasteiger partial charge in [0.15, 0.2) is 0 Å². The fraction of sp³-hybridized carbons (Fsp3) is 1.00. The summed E-state index contributed by atoms with van der Waals surface area (Å²) in [5.41, 5.74) is 0. The van der Waals surface area contributed by atoms with Gasteiger partial charge in [0.1, 0.15) is 0 Å². The average molecular weight is 214 g/mol. The Morgan fingerprint density at radius 3 is 2.87 bits per heavy atom. The summed E-state index contributed by atoms with van der Waals surface area (Å²) in [6.07, 6.45) is 5.72. The third-order valence-corrected chi connectivity index (χ3v) is 3.09. The number of aliphatic hydroxyl groups is 1. The van der Waals surface area contributed by atoms with Crippen molar-refractivity contribution in [1.82, 2.24) is 10.6 Å². The van der Waals surface area contributed by atoms with Gasteiger partial charge in [-0.2, -0.15) is 0 Å². The van der Waals surface area contributed by atoms with Crippen LogP contribution in [0.3, 0.4) is 0 Å². The number of aliphatic hydroxyl groups excluding tert-OH is 1. The molecule has 1 fully saturated rings. The number of hydrogen-bond donors (Lipinski definition) is 3. The zero-order chi connectivity index (χ0) is 11.1. The second-order valence-electron chi connectivity index (χ2n) is 4.88. The minimum absolute atomic E-state index is 0.154. The fourth-order valence-electron chi connectivity index (χ4n) is 2.21. The highest BCUT2D eigenvalue weighted by atomic mass is 16.3. The van der Waals surface area contributed by atoms with Crippen molar-refractivity contribution in [3.63, 3.8) is 0 Å². The monoisotopic (exact) mass is 214 g/mol. The Balaban J connectivity index is 1.95. The van der Waals surface area contributed by atoms with Crippen molar-refractivity contribution in [3.05, 3.63) is 0 Å². The summed E-state index contributed by atoms with van der Waals surface area (Å²) in [6.45, 7) is 6.33. The Morgan fingerprint density at radius 1 is 1.47 bits per heavy atom. The van der Waals surface area contributed by atoms with Crippen molar-refractivity contribution in [2.24, 2.45) is 0 Å². The van der Waals surface area contributed by atoms with Gasteiger partial charge in [-0.05, 0) is 59.0 Å². The van der Waals surface area contributed by atoms with Gasteiger partial charge in [0.2, 0.25) is 0 Å². The molecule has 0 aromatic carbocycles. The van der Waals surface area contributed by atoms with Crippen LogP contribution in [0.15, 0.2) is 0 Å². The van der Waals surface area contributed by atoms with E-state index in [-0.39, 0.29) is 6.10 Å².